The lowest BCUT2D eigenvalue weighted by Crippen LogP contribution is -2.15. The molecule has 0 N–H and O–H groups in total. The highest BCUT2D eigenvalue weighted by atomic mass is 79.9. The van der Waals surface area contributed by atoms with Crippen LogP contribution in [0.25, 0.3) is 0 Å². The van der Waals surface area contributed by atoms with Crippen LogP contribution in [0.3, 0.4) is 0 Å². The van der Waals surface area contributed by atoms with Crippen molar-refractivity contribution in [1.82, 2.24) is 0 Å². The van der Waals surface area contributed by atoms with Crippen molar-refractivity contribution < 1.29 is 0 Å². The van der Waals surface area contributed by atoms with Crippen molar-refractivity contribution in [2.75, 3.05) is 0 Å². The second kappa shape index (κ2) is 3.51. The molecular formula is C11H12BrN. The van der Waals surface area contributed by atoms with Crippen LogP contribution in [0.1, 0.15) is 25.0 Å². The van der Waals surface area contributed by atoms with E-state index in [0.29, 0.717) is 0 Å². The maximum atomic E-state index is 9.00. The van der Waals surface area contributed by atoms with Crippen LogP contribution in [-0.4, -0.2) is 0 Å². The first-order valence-corrected chi connectivity index (χ1v) is 4.95. The van der Waals surface area contributed by atoms with E-state index in [1.807, 2.05) is 39.0 Å². The standard InChI is InChI=1S/C11H12BrN/c1-8-9(11(2,3)7-13)5-4-6-10(8)12/h4-6H,1-3H3. The number of hydrogen-bond acceptors (Lipinski definition) is 1. The Bertz CT molecular complexity index is 361. The first kappa shape index (κ1) is 10.3. The average molecular weight is 238 g/mol. The van der Waals surface area contributed by atoms with Gasteiger partial charge in [-0.15, -0.1) is 0 Å². The highest BCUT2D eigenvalue weighted by Crippen LogP contribution is 2.29. The Labute approximate surface area is 87.5 Å². The molecule has 0 bridgehead atoms. The summed E-state index contributed by atoms with van der Waals surface area (Å²) >= 11 is 3.46. The SMILES string of the molecule is Cc1c(Br)cccc1C(C)(C)C#N. The van der Waals surface area contributed by atoms with Crippen LogP contribution in [-0.2, 0) is 5.41 Å². The molecule has 0 saturated heterocycles. The molecule has 0 radical (unpaired) electrons. The fourth-order valence-electron chi connectivity index (χ4n) is 1.34. The maximum absolute atomic E-state index is 9.00. The van der Waals surface area contributed by atoms with E-state index in [-0.39, 0.29) is 0 Å². The molecule has 0 heterocycles. The summed E-state index contributed by atoms with van der Waals surface area (Å²) in [6.07, 6.45) is 0. The lowest BCUT2D eigenvalue weighted by atomic mass is 9.84. The average Bonchev–Trinajstić information content (AvgIpc) is 2.09. The number of rotatable bonds is 1. The monoisotopic (exact) mass is 237 g/mol. The number of benzene rings is 1. The van der Waals surface area contributed by atoms with Gasteiger partial charge in [-0.05, 0) is 38.0 Å². The molecule has 2 heteroatoms. The van der Waals surface area contributed by atoms with Gasteiger partial charge in [-0.3, -0.25) is 0 Å². The zero-order valence-electron chi connectivity index (χ0n) is 8.06. The fourth-order valence-corrected chi connectivity index (χ4v) is 1.71. The molecule has 13 heavy (non-hydrogen) atoms. The van der Waals surface area contributed by atoms with Crippen molar-refractivity contribution in [1.29, 1.82) is 5.26 Å². The van der Waals surface area contributed by atoms with E-state index in [1.54, 1.807) is 0 Å². The predicted molar refractivity (Wildman–Crippen MR) is 57.5 cm³/mol. The molecule has 68 valence electrons. The van der Waals surface area contributed by atoms with Crippen LogP contribution in [0.15, 0.2) is 22.7 Å². The quantitative estimate of drug-likeness (QED) is 0.733. The topological polar surface area (TPSA) is 23.8 Å². The third-order valence-corrected chi connectivity index (χ3v) is 3.08. The first-order valence-electron chi connectivity index (χ1n) is 4.16. The summed E-state index contributed by atoms with van der Waals surface area (Å²) < 4.78 is 1.06. The van der Waals surface area contributed by atoms with Crippen molar-refractivity contribution in [3.8, 4) is 6.07 Å². The second-order valence-corrected chi connectivity index (χ2v) is 4.50. The summed E-state index contributed by atoms with van der Waals surface area (Å²) in [5.41, 5.74) is 1.83. The van der Waals surface area contributed by atoms with Crippen molar-refractivity contribution in [2.45, 2.75) is 26.2 Å². The molecule has 1 aromatic carbocycles. The van der Waals surface area contributed by atoms with Crippen LogP contribution in [0.5, 0.6) is 0 Å². The molecule has 1 rings (SSSR count). The van der Waals surface area contributed by atoms with Gasteiger partial charge in [-0.25, -0.2) is 0 Å². The predicted octanol–water partition coefficient (Wildman–Crippen LogP) is 3.56. The molecule has 0 aromatic heterocycles. The molecule has 0 aliphatic heterocycles. The smallest absolute Gasteiger partial charge is 0.0769 e. The lowest BCUT2D eigenvalue weighted by Gasteiger charge is -2.19. The molecule has 0 spiro atoms. The minimum atomic E-state index is -0.409. The number of nitrogens with zero attached hydrogens (tertiary/aromatic N) is 1. The zero-order valence-corrected chi connectivity index (χ0v) is 9.64. The van der Waals surface area contributed by atoms with Gasteiger partial charge in [0.05, 0.1) is 11.5 Å². The Morgan fingerprint density at radius 1 is 1.38 bits per heavy atom. The van der Waals surface area contributed by atoms with Crippen LogP contribution >= 0.6 is 15.9 Å². The van der Waals surface area contributed by atoms with Gasteiger partial charge in [-0.1, -0.05) is 28.1 Å². The summed E-state index contributed by atoms with van der Waals surface area (Å²) in [5, 5.41) is 9.00. The molecule has 0 unspecified atom stereocenters. The Morgan fingerprint density at radius 3 is 2.54 bits per heavy atom. The molecule has 1 aromatic rings. The van der Waals surface area contributed by atoms with Crippen molar-refractivity contribution >= 4 is 15.9 Å². The molecule has 0 atom stereocenters. The minimum Gasteiger partial charge on any atom is -0.197 e. The summed E-state index contributed by atoms with van der Waals surface area (Å²) in [4.78, 5) is 0. The van der Waals surface area contributed by atoms with Gasteiger partial charge in [0.25, 0.3) is 0 Å². The minimum absolute atomic E-state index is 0.409. The van der Waals surface area contributed by atoms with E-state index >= 15 is 0 Å². The molecule has 0 aliphatic carbocycles. The lowest BCUT2D eigenvalue weighted by molar-refractivity contribution is 0.680. The summed E-state index contributed by atoms with van der Waals surface area (Å²) in [5.74, 6) is 0. The normalized spacial score (nSPS) is 11.0. The summed E-state index contributed by atoms with van der Waals surface area (Å²) in [6.45, 7) is 5.89. The number of hydrogen-bond donors (Lipinski definition) is 0. The van der Waals surface area contributed by atoms with Crippen LogP contribution < -0.4 is 0 Å². The van der Waals surface area contributed by atoms with E-state index in [9.17, 15) is 0 Å². The number of nitriles is 1. The van der Waals surface area contributed by atoms with Gasteiger partial charge < -0.3 is 0 Å². The maximum Gasteiger partial charge on any atom is 0.0769 e. The van der Waals surface area contributed by atoms with E-state index in [2.05, 4.69) is 22.0 Å². The van der Waals surface area contributed by atoms with Gasteiger partial charge in [0.2, 0.25) is 0 Å². The Hall–Kier alpha value is -0.810. The molecule has 0 fully saturated rings. The number of halogens is 1. The van der Waals surface area contributed by atoms with Gasteiger partial charge in [0.15, 0.2) is 0 Å². The molecular weight excluding hydrogens is 226 g/mol. The largest absolute Gasteiger partial charge is 0.197 e. The second-order valence-electron chi connectivity index (χ2n) is 3.65. The Morgan fingerprint density at radius 2 is 2.00 bits per heavy atom. The van der Waals surface area contributed by atoms with E-state index in [1.165, 1.54) is 0 Å². The Kier molecular flexibility index (Phi) is 2.77. The first-order chi connectivity index (χ1) is 5.99. The van der Waals surface area contributed by atoms with Crippen LogP contribution in [0.2, 0.25) is 0 Å². The van der Waals surface area contributed by atoms with Gasteiger partial charge >= 0.3 is 0 Å². The third-order valence-electron chi connectivity index (χ3n) is 2.22. The summed E-state index contributed by atoms with van der Waals surface area (Å²) in [7, 11) is 0. The van der Waals surface area contributed by atoms with Crippen molar-refractivity contribution in [3.63, 3.8) is 0 Å². The molecule has 0 saturated carbocycles. The van der Waals surface area contributed by atoms with E-state index in [4.69, 9.17) is 5.26 Å². The van der Waals surface area contributed by atoms with Gasteiger partial charge in [0.1, 0.15) is 0 Å². The zero-order chi connectivity index (χ0) is 10.1. The van der Waals surface area contributed by atoms with Crippen molar-refractivity contribution in [3.05, 3.63) is 33.8 Å². The fraction of sp³-hybridized carbons (Fsp3) is 0.364. The van der Waals surface area contributed by atoms with Gasteiger partial charge in [0, 0.05) is 4.47 Å². The van der Waals surface area contributed by atoms with Crippen LogP contribution in [0, 0.1) is 18.3 Å². The van der Waals surface area contributed by atoms with Crippen LogP contribution in [0.4, 0.5) is 0 Å². The molecule has 0 amide bonds. The molecule has 1 nitrogen and oxygen atoms in total. The Balaban J connectivity index is 3.33. The van der Waals surface area contributed by atoms with E-state index in [0.717, 1.165) is 15.6 Å². The molecule has 0 aliphatic rings. The summed E-state index contributed by atoms with van der Waals surface area (Å²) in [6, 6.07) is 8.26. The van der Waals surface area contributed by atoms with Gasteiger partial charge in [-0.2, -0.15) is 5.26 Å². The van der Waals surface area contributed by atoms with E-state index < -0.39 is 5.41 Å². The highest BCUT2D eigenvalue weighted by molar-refractivity contribution is 9.10. The third kappa shape index (κ3) is 1.92. The van der Waals surface area contributed by atoms with Crippen molar-refractivity contribution in [2.24, 2.45) is 0 Å². The highest BCUT2D eigenvalue weighted by Gasteiger charge is 2.22.